The van der Waals surface area contributed by atoms with Gasteiger partial charge in [0.05, 0.1) is 0 Å². The summed E-state index contributed by atoms with van der Waals surface area (Å²) in [7, 11) is 0. The van der Waals surface area contributed by atoms with Crippen LogP contribution in [0.25, 0.3) is 11.9 Å². The Morgan fingerprint density at radius 3 is 1.61 bits per heavy atom. The predicted octanol–water partition coefficient (Wildman–Crippen LogP) is -1.80. The van der Waals surface area contributed by atoms with E-state index in [1.54, 1.807) is 0 Å². The fourth-order valence-corrected chi connectivity index (χ4v) is 1.85. The maximum absolute atomic E-state index is 11.8. The molecule has 3 rings (SSSR count). The fourth-order valence-electron chi connectivity index (χ4n) is 1.69. The molecule has 0 radical (unpaired) electrons. The molecule has 0 unspecified atom stereocenters. The smallest absolute Gasteiger partial charge is 0.274 e. The Kier molecular flexibility index (Phi) is 3.46. The van der Waals surface area contributed by atoms with E-state index in [4.69, 9.17) is 11.6 Å². The van der Waals surface area contributed by atoms with Crippen LogP contribution in [-0.4, -0.2) is 34.1 Å². The second-order valence-electron chi connectivity index (χ2n) is 4.16. The molecule has 0 fully saturated rings. The van der Waals surface area contributed by atoms with Crippen molar-refractivity contribution in [1.82, 2.24) is 34.1 Å². The lowest BCUT2D eigenvalue weighted by molar-refractivity contribution is 0.770. The van der Waals surface area contributed by atoms with Crippen LogP contribution in [0.5, 0.6) is 0 Å². The van der Waals surface area contributed by atoms with Gasteiger partial charge < -0.3 is 0 Å². The van der Waals surface area contributed by atoms with E-state index in [0.717, 1.165) is 33.7 Å². The summed E-state index contributed by atoms with van der Waals surface area (Å²) in [6.45, 7) is 0. The van der Waals surface area contributed by atoms with Crippen molar-refractivity contribution in [3.05, 3.63) is 71.5 Å². The molecule has 0 spiro atoms. The monoisotopic (exact) mass is 335 g/mol. The summed E-state index contributed by atoms with van der Waals surface area (Å²) >= 11 is 5.78. The molecule has 0 aromatic carbocycles. The van der Waals surface area contributed by atoms with E-state index >= 15 is 0 Å². The molecule has 0 aliphatic rings. The fraction of sp³-hybridized carbons (Fsp3) is 0. The topological polar surface area (TPSA) is 148 Å². The van der Waals surface area contributed by atoms with Crippen molar-refractivity contribution in [1.29, 1.82) is 0 Å². The summed E-state index contributed by atoms with van der Waals surface area (Å²) < 4.78 is 1.82. The summed E-state index contributed by atoms with van der Waals surface area (Å²) in [5.41, 5.74) is -2.77. The van der Waals surface area contributed by atoms with Crippen LogP contribution in [0.4, 0.5) is 0 Å². The van der Waals surface area contributed by atoms with Crippen molar-refractivity contribution >= 4 is 11.6 Å². The van der Waals surface area contributed by atoms with E-state index < -0.39 is 22.5 Å². The third-order valence-electron chi connectivity index (χ3n) is 2.66. The minimum atomic E-state index is -0.792. The van der Waals surface area contributed by atoms with Gasteiger partial charge in [-0.15, -0.1) is 0 Å². The molecule has 3 aromatic heterocycles. The molecule has 0 aliphatic carbocycles. The zero-order valence-electron chi connectivity index (χ0n) is 11.1. The molecule has 116 valence electrons. The predicted molar refractivity (Wildman–Crippen MR) is 77.3 cm³/mol. The highest BCUT2D eigenvalue weighted by Gasteiger charge is 2.11. The van der Waals surface area contributed by atoms with Crippen LogP contribution in [0.2, 0.25) is 5.28 Å². The molecule has 0 saturated carbocycles. The number of hydrogen-bond acceptors (Lipinski definition) is 7. The second-order valence-corrected chi connectivity index (χ2v) is 4.50. The molecule has 12 heteroatoms. The van der Waals surface area contributed by atoms with E-state index in [2.05, 4.69) is 15.0 Å². The van der Waals surface area contributed by atoms with Gasteiger partial charge in [0.1, 0.15) is 0 Å². The minimum Gasteiger partial charge on any atom is -0.274 e. The lowest BCUT2D eigenvalue weighted by Crippen LogP contribution is -2.31. The van der Waals surface area contributed by atoms with E-state index in [1.165, 1.54) is 0 Å². The van der Waals surface area contributed by atoms with Gasteiger partial charge in [0.15, 0.2) is 0 Å². The van der Waals surface area contributed by atoms with Gasteiger partial charge in [0.2, 0.25) is 17.2 Å². The average molecular weight is 336 g/mol. The molecular weight excluding hydrogens is 330 g/mol. The largest absolute Gasteiger partial charge is 0.335 e. The number of hydrogen-bond donors (Lipinski definition) is 2. The van der Waals surface area contributed by atoms with Crippen molar-refractivity contribution in [3.63, 3.8) is 0 Å². The Labute approximate surface area is 129 Å². The standard InChI is InChI=1S/C11H6ClN7O4/c12-7-15-8(18-3-1-5(20)13-10(18)22)17-9(16-7)19-4-2-6(21)14-11(19)23/h1-4H,(H,13,20,22)(H,14,21,23). The zero-order valence-corrected chi connectivity index (χ0v) is 11.8. The van der Waals surface area contributed by atoms with Gasteiger partial charge in [0.25, 0.3) is 11.1 Å². The first kappa shape index (κ1) is 14.6. The van der Waals surface area contributed by atoms with Crippen LogP contribution in [0.1, 0.15) is 0 Å². The first-order chi connectivity index (χ1) is 10.9. The molecule has 0 bridgehead atoms. The maximum Gasteiger partial charge on any atom is 0.335 e. The highest BCUT2D eigenvalue weighted by atomic mass is 35.5. The maximum atomic E-state index is 11.8. The molecule has 0 saturated heterocycles. The number of rotatable bonds is 2. The number of nitrogens with one attached hydrogen (secondary N) is 2. The van der Waals surface area contributed by atoms with Crippen molar-refractivity contribution in [2.24, 2.45) is 0 Å². The minimum absolute atomic E-state index is 0.209. The quantitative estimate of drug-likeness (QED) is 0.561. The lowest BCUT2D eigenvalue weighted by Gasteiger charge is -2.06. The highest BCUT2D eigenvalue weighted by molar-refractivity contribution is 6.28. The molecule has 3 heterocycles. The van der Waals surface area contributed by atoms with Gasteiger partial charge in [-0.3, -0.25) is 19.6 Å². The van der Waals surface area contributed by atoms with Gasteiger partial charge >= 0.3 is 11.4 Å². The van der Waals surface area contributed by atoms with Crippen LogP contribution in [-0.2, 0) is 0 Å². The SMILES string of the molecule is O=c1ccn(-c2nc(Cl)nc(-n3ccc(=O)[nH]c3=O)n2)c(=O)[nH]1. The van der Waals surface area contributed by atoms with E-state index in [0.29, 0.717) is 0 Å². The van der Waals surface area contributed by atoms with E-state index in [9.17, 15) is 19.2 Å². The average Bonchev–Trinajstić information content (AvgIpc) is 2.46. The zero-order chi connectivity index (χ0) is 16.6. The lowest BCUT2D eigenvalue weighted by atomic mass is 10.6. The molecule has 0 atom stereocenters. The van der Waals surface area contributed by atoms with Crippen molar-refractivity contribution < 1.29 is 0 Å². The van der Waals surface area contributed by atoms with Crippen LogP contribution in [0.3, 0.4) is 0 Å². The Morgan fingerprint density at radius 2 is 1.22 bits per heavy atom. The van der Waals surface area contributed by atoms with Gasteiger partial charge in [-0.1, -0.05) is 0 Å². The van der Waals surface area contributed by atoms with Crippen molar-refractivity contribution in [2.45, 2.75) is 0 Å². The summed E-state index contributed by atoms with van der Waals surface area (Å²) in [6, 6.07) is 2.18. The molecular formula is C11H6ClN7O4. The summed E-state index contributed by atoms with van der Waals surface area (Å²) in [5.74, 6) is -0.418. The Hall–Kier alpha value is -3.34. The van der Waals surface area contributed by atoms with Crippen LogP contribution in [0, 0.1) is 0 Å². The molecule has 3 aromatic rings. The number of aromatic nitrogens is 7. The third kappa shape index (κ3) is 2.85. The van der Waals surface area contributed by atoms with E-state index in [-0.39, 0.29) is 17.2 Å². The third-order valence-corrected chi connectivity index (χ3v) is 2.83. The highest BCUT2D eigenvalue weighted by Crippen LogP contribution is 2.06. The number of H-pyrrole nitrogens is 2. The Morgan fingerprint density at radius 1 is 0.783 bits per heavy atom. The first-order valence-electron chi connectivity index (χ1n) is 6.00. The Balaban J connectivity index is 2.24. The van der Waals surface area contributed by atoms with Crippen LogP contribution >= 0.6 is 11.6 Å². The van der Waals surface area contributed by atoms with Crippen molar-refractivity contribution in [3.8, 4) is 11.9 Å². The summed E-state index contributed by atoms with van der Waals surface area (Å²) in [6.07, 6.45) is 2.29. The van der Waals surface area contributed by atoms with Gasteiger partial charge in [0, 0.05) is 24.5 Å². The van der Waals surface area contributed by atoms with Crippen LogP contribution in [0.15, 0.2) is 43.7 Å². The normalized spacial score (nSPS) is 10.7. The summed E-state index contributed by atoms with van der Waals surface area (Å²) in [5, 5.41) is -0.291. The molecule has 23 heavy (non-hydrogen) atoms. The Bertz CT molecular complexity index is 1040. The molecule has 0 amide bonds. The second kappa shape index (κ2) is 5.46. The van der Waals surface area contributed by atoms with Gasteiger partial charge in [-0.05, 0) is 11.6 Å². The summed E-state index contributed by atoms with van der Waals surface area (Å²) in [4.78, 5) is 61.2. The number of nitrogens with zero attached hydrogens (tertiary/aromatic N) is 5. The molecule has 0 aliphatic heterocycles. The van der Waals surface area contributed by atoms with Gasteiger partial charge in [-0.2, -0.15) is 15.0 Å². The van der Waals surface area contributed by atoms with Crippen molar-refractivity contribution in [2.75, 3.05) is 0 Å². The van der Waals surface area contributed by atoms with E-state index in [1.807, 2.05) is 9.97 Å². The van der Waals surface area contributed by atoms with Crippen LogP contribution < -0.4 is 22.5 Å². The molecule has 2 N–H and O–H groups in total. The number of halogens is 1. The molecule has 11 nitrogen and oxygen atoms in total. The van der Waals surface area contributed by atoms with Gasteiger partial charge in [-0.25, -0.2) is 18.7 Å². The first-order valence-corrected chi connectivity index (χ1v) is 6.38. The number of aromatic amines is 2.